The molecule has 0 aliphatic heterocycles. The highest BCUT2D eigenvalue weighted by Crippen LogP contribution is 2.35. The molecule has 0 amide bonds. The summed E-state index contributed by atoms with van der Waals surface area (Å²) >= 11 is 0. The molecule has 4 heterocycles. The van der Waals surface area contributed by atoms with Crippen LogP contribution < -0.4 is 0 Å². The molecule has 4 aromatic heterocycles. The lowest BCUT2D eigenvalue weighted by atomic mass is 10.2. The monoisotopic (exact) mass is 564 g/mol. The second-order valence-corrected chi connectivity index (χ2v) is 10.8. The third kappa shape index (κ3) is 3.75. The maximum atomic E-state index is 5.18. The number of nitrogens with zero attached hydrogens (tertiary/aromatic N) is 6. The fourth-order valence-corrected chi connectivity index (χ4v) is 6.30. The van der Waals surface area contributed by atoms with Crippen molar-refractivity contribution >= 4 is 43.6 Å². The molecule has 0 atom stereocenters. The summed E-state index contributed by atoms with van der Waals surface area (Å²) in [4.78, 5) is 19.8. The summed E-state index contributed by atoms with van der Waals surface area (Å²) in [7, 11) is 0. The Morgan fingerprint density at radius 3 is 1.18 bits per heavy atom. The van der Waals surface area contributed by atoms with Crippen molar-refractivity contribution in [2.24, 2.45) is 0 Å². The van der Waals surface area contributed by atoms with Gasteiger partial charge < -0.3 is 0 Å². The van der Waals surface area contributed by atoms with Crippen LogP contribution in [0.2, 0.25) is 0 Å². The lowest BCUT2D eigenvalue weighted by Crippen LogP contribution is -2.06. The first-order valence-electron chi connectivity index (χ1n) is 14.6. The highest BCUT2D eigenvalue weighted by Gasteiger charge is 2.19. The van der Waals surface area contributed by atoms with Crippen LogP contribution >= 0.6 is 0 Å². The molecular weight excluding hydrogens is 540 g/mol. The Morgan fingerprint density at radius 1 is 0.364 bits per heavy atom. The van der Waals surface area contributed by atoms with Gasteiger partial charge in [0, 0.05) is 45.6 Å². The fourth-order valence-electron chi connectivity index (χ4n) is 6.30. The number of hydrogen-bond acceptors (Lipinski definition) is 4. The molecule has 5 aromatic carbocycles. The Bertz CT molecular complexity index is 2250. The van der Waals surface area contributed by atoms with Gasteiger partial charge in [0.15, 0.2) is 11.6 Å². The third-order valence-corrected chi connectivity index (χ3v) is 8.26. The molecule has 44 heavy (non-hydrogen) atoms. The van der Waals surface area contributed by atoms with Crippen LogP contribution in [0.25, 0.3) is 78.0 Å². The lowest BCUT2D eigenvalue weighted by molar-refractivity contribution is 0.990. The van der Waals surface area contributed by atoms with E-state index in [-0.39, 0.29) is 0 Å². The van der Waals surface area contributed by atoms with Crippen LogP contribution in [0.5, 0.6) is 0 Å². The predicted octanol–water partition coefficient (Wildman–Crippen LogP) is 8.79. The summed E-state index contributed by atoms with van der Waals surface area (Å²) in [6, 6.07) is 46.0. The van der Waals surface area contributed by atoms with E-state index in [1.807, 2.05) is 42.7 Å². The normalized spacial score (nSPS) is 11.6. The molecule has 0 radical (unpaired) electrons. The smallest absolute Gasteiger partial charge is 0.167 e. The van der Waals surface area contributed by atoms with E-state index < -0.39 is 0 Å². The summed E-state index contributed by atoms with van der Waals surface area (Å²) in [5, 5.41) is 4.71. The topological polar surface area (TPSA) is 61.4 Å². The van der Waals surface area contributed by atoms with Crippen LogP contribution in [0, 0.1) is 0 Å². The minimum absolute atomic E-state index is 0.556. The molecule has 0 fully saturated rings. The Balaban J connectivity index is 1.34. The second kappa shape index (κ2) is 9.71. The van der Waals surface area contributed by atoms with Crippen molar-refractivity contribution in [3.05, 3.63) is 146 Å². The van der Waals surface area contributed by atoms with E-state index in [1.54, 1.807) is 0 Å². The van der Waals surface area contributed by atoms with Crippen molar-refractivity contribution in [1.82, 2.24) is 29.1 Å². The van der Waals surface area contributed by atoms with E-state index in [0.29, 0.717) is 11.6 Å². The highest BCUT2D eigenvalue weighted by atomic mass is 15.1. The van der Waals surface area contributed by atoms with Gasteiger partial charge in [-0.05, 0) is 24.3 Å². The average molecular weight is 565 g/mol. The van der Waals surface area contributed by atoms with Gasteiger partial charge in [0.05, 0.1) is 27.6 Å². The van der Waals surface area contributed by atoms with Crippen LogP contribution in [-0.4, -0.2) is 29.1 Å². The summed E-state index contributed by atoms with van der Waals surface area (Å²) in [5.41, 5.74) is 6.05. The number of hydrogen-bond donors (Lipinski definition) is 0. The zero-order valence-electron chi connectivity index (χ0n) is 23.5. The zero-order valence-corrected chi connectivity index (χ0v) is 23.5. The highest BCUT2D eigenvalue weighted by molar-refractivity contribution is 6.10. The van der Waals surface area contributed by atoms with E-state index >= 15 is 0 Å². The van der Waals surface area contributed by atoms with Crippen molar-refractivity contribution < 1.29 is 0 Å². The van der Waals surface area contributed by atoms with Crippen LogP contribution in [0.4, 0.5) is 0 Å². The van der Waals surface area contributed by atoms with Gasteiger partial charge in [0.25, 0.3) is 0 Å². The first-order chi connectivity index (χ1) is 21.8. The predicted molar refractivity (Wildman–Crippen MR) is 177 cm³/mol. The summed E-state index contributed by atoms with van der Waals surface area (Å²) < 4.78 is 4.46. The first kappa shape index (κ1) is 24.5. The van der Waals surface area contributed by atoms with Gasteiger partial charge in [0.1, 0.15) is 11.6 Å². The van der Waals surface area contributed by atoms with Gasteiger partial charge in [-0.25, -0.2) is 19.9 Å². The van der Waals surface area contributed by atoms with Crippen molar-refractivity contribution in [2.45, 2.75) is 0 Å². The molecule has 0 bridgehead atoms. The number of rotatable bonds is 4. The van der Waals surface area contributed by atoms with Gasteiger partial charge in [-0.1, -0.05) is 103 Å². The molecule has 9 rings (SSSR count). The van der Waals surface area contributed by atoms with Gasteiger partial charge >= 0.3 is 0 Å². The first-order valence-corrected chi connectivity index (χ1v) is 14.6. The summed E-state index contributed by atoms with van der Waals surface area (Å²) in [6.45, 7) is 0. The van der Waals surface area contributed by atoms with Crippen LogP contribution in [0.3, 0.4) is 0 Å². The van der Waals surface area contributed by atoms with E-state index in [2.05, 4.69) is 112 Å². The fraction of sp³-hybridized carbons (Fsp3) is 0. The molecule has 9 aromatic rings. The second-order valence-electron chi connectivity index (χ2n) is 10.8. The molecule has 0 unspecified atom stereocenters. The maximum absolute atomic E-state index is 5.18. The largest absolute Gasteiger partial charge is 0.294 e. The van der Waals surface area contributed by atoms with Gasteiger partial charge in [-0.3, -0.25) is 9.13 Å². The van der Waals surface area contributed by atoms with Gasteiger partial charge in [0.2, 0.25) is 0 Å². The Morgan fingerprint density at radius 2 is 0.750 bits per heavy atom. The molecule has 0 aliphatic rings. The molecule has 0 spiro atoms. The standard InChI is InChI=1S/C38H24N6/c1-2-12-25(13-3-1)37-39-23-26(24-40-37)38-41-35(43-31-18-8-4-14-27(31)28-15-5-9-19-32(28)43)22-36(42-38)44-33-20-10-6-16-29(33)30-17-7-11-21-34(30)44/h1-24H. The molecular formula is C38H24N6. The lowest BCUT2D eigenvalue weighted by Gasteiger charge is -2.13. The number of para-hydroxylation sites is 4. The Labute approximate surface area is 252 Å². The molecule has 6 nitrogen and oxygen atoms in total. The third-order valence-electron chi connectivity index (χ3n) is 8.26. The quantitative estimate of drug-likeness (QED) is 0.214. The van der Waals surface area contributed by atoms with Crippen LogP contribution in [-0.2, 0) is 0 Å². The summed E-state index contributed by atoms with van der Waals surface area (Å²) in [6.07, 6.45) is 3.63. The number of aromatic nitrogens is 6. The SMILES string of the molecule is c1ccc(-c2ncc(-c3nc(-n4c5ccccc5c5ccccc54)cc(-n4c5ccccc5c5ccccc54)n3)cn2)cc1. The van der Waals surface area contributed by atoms with E-state index in [9.17, 15) is 0 Å². The molecule has 0 saturated carbocycles. The molecule has 206 valence electrons. The molecule has 0 aliphatic carbocycles. The minimum Gasteiger partial charge on any atom is -0.294 e. The Hall–Kier alpha value is -6.14. The van der Waals surface area contributed by atoms with Crippen molar-refractivity contribution in [3.63, 3.8) is 0 Å². The molecule has 6 heteroatoms. The van der Waals surface area contributed by atoms with Gasteiger partial charge in [-0.2, -0.15) is 0 Å². The molecule has 0 N–H and O–H groups in total. The maximum Gasteiger partial charge on any atom is 0.167 e. The number of fused-ring (bicyclic) bond motifs is 6. The van der Waals surface area contributed by atoms with E-state index in [1.165, 1.54) is 21.5 Å². The van der Waals surface area contributed by atoms with E-state index in [4.69, 9.17) is 19.9 Å². The van der Waals surface area contributed by atoms with Crippen molar-refractivity contribution in [2.75, 3.05) is 0 Å². The van der Waals surface area contributed by atoms with Gasteiger partial charge in [-0.15, -0.1) is 0 Å². The molecule has 0 saturated heterocycles. The van der Waals surface area contributed by atoms with Crippen molar-refractivity contribution in [3.8, 4) is 34.4 Å². The minimum atomic E-state index is 0.556. The van der Waals surface area contributed by atoms with Crippen molar-refractivity contribution in [1.29, 1.82) is 0 Å². The Kier molecular flexibility index (Phi) is 5.40. The number of benzene rings is 5. The summed E-state index contributed by atoms with van der Waals surface area (Å²) in [5.74, 6) is 2.77. The van der Waals surface area contributed by atoms with Crippen LogP contribution in [0.15, 0.2) is 146 Å². The van der Waals surface area contributed by atoms with E-state index in [0.717, 1.165) is 44.8 Å². The average Bonchev–Trinajstić information content (AvgIpc) is 3.62. The van der Waals surface area contributed by atoms with Crippen LogP contribution in [0.1, 0.15) is 0 Å². The zero-order chi connectivity index (χ0) is 29.0.